The quantitative estimate of drug-likeness (QED) is 0.829. The Bertz CT molecular complexity index is 364. The number of aliphatic hydroxyl groups is 1. The minimum absolute atomic E-state index is 0.232. The van der Waals surface area contributed by atoms with E-state index in [0.717, 1.165) is 0 Å². The van der Waals surface area contributed by atoms with Crippen molar-refractivity contribution in [3.8, 4) is 5.75 Å². The first kappa shape index (κ1) is 11.8. The van der Waals surface area contributed by atoms with Crippen LogP contribution < -0.4 is 4.74 Å². The Morgan fingerprint density at radius 1 is 1.60 bits per heavy atom. The molecule has 0 aliphatic carbocycles. The summed E-state index contributed by atoms with van der Waals surface area (Å²) in [5.41, 5.74) is 0.232. The van der Waals surface area contributed by atoms with Crippen LogP contribution in [0.4, 0.5) is 0 Å². The first-order valence-electron chi connectivity index (χ1n) is 4.39. The van der Waals surface area contributed by atoms with E-state index in [-0.39, 0.29) is 10.6 Å². The molecule has 5 heteroatoms. The molecule has 0 spiro atoms. The van der Waals surface area contributed by atoms with E-state index in [2.05, 4.69) is 0 Å². The van der Waals surface area contributed by atoms with Gasteiger partial charge in [-0.1, -0.05) is 17.7 Å². The predicted molar refractivity (Wildman–Crippen MR) is 55.2 cm³/mol. The summed E-state index contributed by atoms with van der Waals surface area (Å²) in [5, 5.41) is 18.1. The van der Waals surface area contributed by atoms with E-state index >= 15 is 0 Å². The van der Waals surface area contributed by atoms with Crippen LogP contribution in [-0.4, -0.2) is 22.8 Å². The van der Waals surface area contributed by atoms with Crippen molar-refractivity contribution >= 4 is 17.6 Å². The average molecular weight is 231 g/mol. The number of carboxylic acids is 1. The monoisotopic (exact) mass is 230 g/mol. The van der Waals surface area contributed by atoms with Crippen LogP contribution >= 0.6 is 11.6 Å². The fraction of sp³-hybridized carbons (Fsp3) is 0.300. The van der Waals surface area contributed by atoms with E-state index in [9.17, 15) is 9.90 Å². The molecule has 1 rings (SSSR count). The van der Waals surface area contributed by atoms with Gasteiger partial charge in [0.1, 0.15) is 5.75 Å². The first-order chi connectivity index (χ1) is 7.06. The number of carbonyl (C=O) groups is 1. The number of carboxylic acid groups (broad SMARTS) is 1. The lowest BCUT2D eigenvalue weighted by Crippen LogP contribution is -2.10. The molecule has 0 aliphatic heterocycles. The fourth-order valence-corrected chi connectivity index (χ4v) is 1.35. The molecule has 0 heterocycles. The number of rotatable bonds is 4. The number of halogens is 1. The van der Waals surface area contributed by atoms with Crippen molar-refractivity contribution in [2.45, 2.75) is 13.0 Å². The van der Waals surface area contributed by atoms with Gasteiger partial charge in [-0.05, 0) is 24.6 Å². The Kier molecular flexibility index (Phi) is 3.94. The number of ether oxygens (including phenoxy) is 1. The van der Waals surface area contributed by atoms with Crippen LogP contribution in [0, 0.1) is 0 Å². The van der Waals surface area contributed by atoms with Crippen molar-refractivity contribution in [3.63, 3.8) is 0 Å². The van der Waals surface area contributed by atoms with Gasteiger partial charge in [-0.2, -0.15) is 0 Å². The van der Waals surface area contributed by atoms with Crippen molar-refractivity contribution in [2.24, 2.45) is 0 Å². The predicted octanol–water partition coefficient (Wildman–Crippen LogP) is 1.86. The van der Waals surface area contributed by atoms with Gasteiger partial charge in [-0.15, -0.1) is 0 Å². The van der Waals surface area contributed by atoms with Crippen LogP contribution in [-0.2, 0) is 4.79 Å². The molecule has 0 amide bonds. The molecule has 15 heavy (non-hydrogen) atoms. The second-order valence-corrected chi connectivity index (χ2v) is 3.27. The fourth-order valence-electron chi connectivity index (χ4n) is 1.10. The van der Waals surface area contributed by atoms with Crippen molar-refractivity contribution < 1.29 is 19.7 Å². The molecule has 0 fully saturated rings. The topological polar surface area (TPSA) is 66.8 Å². The van der Waals surface area contributed by atoms with E-state index in [0.29, 0.717) is 12.4 Å². The third-order valence-electron chi connectivity index (χ3n) is 1.81. The molecular weight excluding hydrogens is 220 g/mol. The molecule has 0 saturated carbocycles. The molecule has 1 unspecified atom stereocenters. The van der Waals surface area contributed by atoms with Crippen LogP contribution in [0.2, 0.25) is 5.02 Å². The first-order valence-corrected chi connectivity index (χ1v) is 4.77. The highest BCUT2D eigenvalue weighted by Crippen LogP contribution is 2.27. The molecule has 0 aromatic heterocycles. The van der Waals surface area contributed by atoms with E-state index in [1.807, 2.05) is 6.92 Å². The molecule has 0 saturated heterocycles. The van der Waals surface area contributed by atoms with Crippen LogP contribution in [0.15, 0.2) is 18.2 Å². The van der Waals surface area contributed by atoms with E-state index in [1.54, 1.807) is 0 Å². The van der Waals surface area contributed by atoms with Gasteiger partial charge in [0.05, 0.1) is 11.6 Å². The maximum Gasteiger partial charge on any atom is 0.337 e. The summed E-state index contributed by atoms with van der Waals surface area (Å²) in [7, 11) is 0. The minimum Gasteiger partial charge on any atom is -0.492 e. The number of benzene rings is 1. The summed E-state index contributed by atoms with van der Waals surface area (Å²) >= 11 is 5.83. The van der Waals surface area contributed by atoms with Gasteiger partial charge in [0.15, 0.2) is 6.10 Å². The Hall–Kier alpha value is -1.26. The standard InChI is InChI=1S/C10H11ClO4/c1-2-15-8-4-3-6(5-7(8)11)9(12)10(13)14/h3-5,9,12H,2H2,1H3,(H,13,14). The Labute approximate surface area is 92.1 Å². The van der Waals surface area contributed by atoms with Gasteiger partial charge in [0, 0.05) is 0 Å². The SMILES string of the molecule is CCOc1ccc(C(O)C(=O)O)cc1Cl. The lowest BCUT2D eigenvalue weighted by molar-refractivity contribution is -0.146. The smallest absolute Gasteiger partial charge is 0.337 e. The van der Waals surface area contributed by atoms with Crippen molar-refractivity contribution in [1.82, 2.24) is 0 Å². The number of hydrogen-bond acceptors (Lipinski definition) is 3. The van der Waals surface area contributed by atoms with E-state index < -0.39 is 12.1 Å². The normalized spacial score (nSPS) is 12.2. The van der Waals surface area contributed by atoms with Gasteiger partial charge in [-0.3, -0.25) is 0 Å². The number of aliphatic hydroxyl groups excluding tert-OH is 1. The van der Waals surface area contributed by atoms with Gasteiger partial charge < -0.3 is 14.9 Å². The van der Waals surface area contributed by atoms with Crippen molar-refractivity contribution in [1.29, 1.82) is 0 Å². The van der Waals surface area contributed by atoms with Crippen LogP contribution in [0.5, 0.6) is 5.75 Å². The second-order valence-electron chi connectivity index (χ2n) is 2.86. The van der Waals surface area contributed by atoms with Crippen molar-refractivity contribution in [2.75, 3.05) is 6.61 Å². The Balaban J connectivity index is 2.95. The average Bonchev–Trinajstić information content (AvgIpc) is 2.20. The third kappa shape index (κ3) is 2.84. The molecular formula is C10H11ClO4. The molecule has 4 nitrogen and oxygen atoms in total. The maximum absolute atomic E-state index is 10.5. The zero-order valence-corrected chi connectivity index (χ0v) is 8.86. The third-order valence-corrected chi connectivity index (χ3v) is 2.10. The lowest BCUT2D eigenvalue weighted by Gasteiger charge is -2.09. The largest absolute Gasteiger partial charge is 0.492 e. The highest BCUT2D eigenvalue weighted by molar-refractivity contribution is 6.32. The molecule has 0 bridgehead atoms. The van der Waals surface area contributed by atoms with Crippen molar-refractivity contribution in [3.05, 3.63) is 28.8 Å². The van der Waals surface area contributed by atoms with Crippen LogP contribution in [0.3, 0.4) is 0 Å². The lowest BCUT2D eigenvalue weighted by atomic mass is 10.1. The van der Waals surface area contributed by atoms with Gasteiger partial charge in [0.2, 0.25) is 0 Å². The summed E-state index contributed by atoms with van der Waals surface area (Å²) in [6, 6.07) is 4.38. The molecule has 2 N–H and O–H groups in total. The van der Waals surface area contributed by atoms with Gasteiger partial charge in [-0.25, -0.2) is 4.79 Å². The molecule has 82 valence electrons. The summed E-state index contributed by atoms with van der Waals surface area (Å²) in [6.45, 7) is 2.29. The second kappa shape index (κ2) is 5.00. The molecule has 1 aromatic rings. The zero-order chi connectivity index (χ0) is 11.4. The molecule has 0 aliphatic rings. The summed E-state index contributed by atoms with van der Waals surface area (Å²) in [6.07, 6.45) is -1.56. The highest BCUT2D eigenvalue weighted by atomic mass is 35.5. The van der Waals surface area contributed by atoms with Gasteiger partial charge in [0.25, 0.3) is 0 Å². The molecule has 1 aromatic carbocycles. The molecule has 0 radical (unpaired) electrons. The Morgan fingerprint density at radius 2 is 2.27 bits per heavy atom. The number of aliphatic carboxylic acids is 1. The highest BCUT2D eigenvalue weighted by Gasteiger charge is 2.17. The van der Waals surface area contributed by atoms with Crippen LogP contribution in [0.1, 0.15) is 18.6 Å². The van der Waals surface area contributed by atoms with E-state index in [4.69, 9.17) is 21.4 Å². The van der Waals surface area contributed by atoms with E-state index in [1.165, 1.54) is 18.2 Å². The minimum atomic E-state index is -1.56. The maximum atomic E-state index is 10.5. The number of hydrogen-bond donors (Lipinski definition) is 2. The van der Waals surface area contributed by atoms with Crippen LogP contribution in [0.25, 0.3) is 0 Å². The Morgan fingerprint density at radius 3 is 2.73 bits per heavy atom. The summed E-state index contributed by atoms with van der Waals surface area (Å²) in [4.78, 5) is 10.5. The summed E-state index contributed by atoms with van der Waals surface area (Å²) < 4.78 is 5.17. The summed E-state index contributed by atoms with van der Waals surface area (Å²) in [5.74, 6) is -0.837. The zero-order valence-electron chi connectivity index (χ0n) is 8.11. The molecule has 1 atom stereocenters. The van der Waals surface area contributed by atoms with Gasteiger partial charge >= 0.3 is 5.97 Å².